The van der Waals surface area contributed by atoms with Crippen LogP contribution in [0.3, 0.4) is 0 Å². The van der Waals surface area contributed by atoms with Crippen LogP contribution in [0.15, 0.2) is 0 Å². The summed E-state index contributed by atoms with van der Waals surface area (Å²) in [6.07, 6.45) is -3.73. The van der Waals surface area contributed by atoms with Gasteiger partial charge in [0.2, 0.25) is 11.9 Å². The van der Waals surface area contributed by atoms with E-state index in [2.05, 4.69) is 15.2 Å². The van der Waals surface area contributed by atoms with Crippen LogP contribution in [0.5, 0.6) is 0 Å². The van der Waals surface area contributed by atoms with Crippen LogP contribution in [0.4, 0.5) is 29.5 Å². The third kappa shape index (κ3) is 2.47. The van der Waals surface area contributed by atoms with Crippen LogP contribution in [0.25, 0.3) is 0 Å². The number of nitrogen functional groups attached to an aromatic ring is 1. The lowest BCUT2D eigenvalue weighted by molar-refractivity contribution is -0.117. The summed E-state index contributed by atoms with van der Waals surface area (Å²) in [5.41, 5.74) is 5.07. The highest BCUT2D eigenvalue weighted by Gasteiger charge is 2.40. The molecule has 14 heavy (non-hydrogen) atoms. The zero-order valence-electron chi connectivity index (χ0n) is 6.77. The minimum absolute atomic E-state index is 0.0899. The molecule has 5 nitrogen and oxygen atoms in total. The van der Waals surface area contributed by atoms with E-state index in [0.29, 0.717) is 0 Å². The molecular formula is C5H7F4N5. The number of alkyl halides is 4. The number of nitrogens with two attached hydrogens (primary N) is 1. The van der Waals surface area contributed by atoms with Crippen molar-refractivity contribution in [3.8, 4) is 0 Å². The molecule has 4 N–H and O–H groups in total. The molecule has 0 bridgehead atoms. The Morgan fingerprint density at radius 1 is 1.50 bits per heavy atom. The van der Waals surface area contributed by atoms with Crippen molar-refractivity contribution in [1.29, 1.82) is 0 Å². The lowest BCUT2D eigenvalue weighted by atomic mass is 10.3. The molecule has 0 aromatic carbocycles. The van der Waals surface area contributed by atoms with Gasteiger partial charge >= 0.3 is 12.3 Å². The predicted molar refractivity (Wildman–Crippen MR) is 40.2 cm³/mol. The Bertz CT molecular complexity index is 298. The molecule has 0 aliphatic carbocycles. The molecule has 0 saturated heterocycles. The van der Waals surface area contributed by atoms with E-state index in [-0.39, 0.29) is 11.9 Å². The third-order valence-electron chi connectivity index (χ3n) is 1.30. The van der Waals surface area contributed by atoms with Crippen molar-refractivity contribution in [1.82, 2.24) is 15.2 Å². The molecule has 0 aliphatic rings. The molecule has 1 aromatic heterocycles. The highest BCUT2D eigenvalue weighted by Crippen LogP contribution is 2.22. The van der Waals surface area contributed by atoms with Crippen LogP contribution >= 0.6 is 0 Å². The van der Waals surface area contributed by atoms with Gasteiger partial charge in [0.05, 0.1) is 6.54 Å². The van der Waals surface area contributed by atoms with E-state index in [1.54, 1.807) is 0 Å². The first-order valence-corrected chi connectivity index (χ1v) is 3.49. The van der Waals surface area contributed by atoms with Gasteiger partial charge in [0.15, 0.2) is 0 Å². The lowest BCUT2D eigenvalue weighted by Crippen LogP contribution is -2.35. The van der Waals surface area contributed by atoms with Crippen LogP contribution in [-0.4, -0.2) is 34.1 Å². The molecular weight excluding hydrogens is 206 g/mol. The first-order valence-electron chi connectivity index (χ1n) is 3.49. The normalized spacial score (nSPS) is 12.1. The van der Waals surface area contributed by atoms with Gasteiger partial charge in [0.25, 0.3) is 0 Å². The van der Waals surface area contributed by atoms with Gasteiger partial charge in [0, 0.05) is 0 Å². The predicted octanol–water partition coefficient (Wildman–Crippen LogP) is 0.699. The fourth-order valence-corrected chi connectivity index (χ4v) is 0.627. The molecule has 0 saturated carbocycles. The fourth-order valence-electron chi connectivity index (χ4n) is 0.627. The minimum atomic E-state index is -4.12. The molecule has 0 spiro atoms. The van der Waals surface area contributed by atoms with Crippen molar-refractivity contribution < 1.29 is 17.6 Å². The topological polar surface area (TPSA) is 79.6 Å². The standard InChI is InChI=1S/C5H7F4N5/c6-2(7)5(8,9)1-11-4-12-3(10)13-14-4/h2H,1H2,(H4,10,11,12,13,14). The first-order chi connectivity index (χ1) is 6.42. The van der Waals surface area contributed by atoms with Crippen LogP contribution < -0.4 is 11.1 Å². The Labute approximate surface area is 75.7 Å². The van der Waals surface area contributed by atoms with Crippen molar-refractivity contribution in [2.75, 3.05) is 17.6 Å². The molecule has 0 amide bonds. The summed E-state index contributed by atoms with van der Waals surface area (Å²) in [4.78, 5) is 3.39. The molecule has 0 fully saturated rings. The number of hydrogen-bond donors (Lipinski definition) is 3. The van der Waals surface area contributed by atoms with Crippen molar-refractivity contribution in [3.05, 3.63) is 0 Å². The highest BCUT2D eigenvalue weighted by molar-refractivity contribution is 5.29. The number of anilines is 2. The number of H-pyrrole nitrogens is 1. The van der Waals surface area contributed by atoms with Crippen LogP contribution in [0.2, 0.25) is 0 Å². The van der Waals surface area contributed by atoms with Gasteiger partial charge in [-0.2, -0.15) is 13.8 Å². The number of nitrogens with zero attached hydrogens (tertiary/aromatic N) is 2. The largest absolute Gasteiger partial charge is 0.368 e. The van der Waals surface area contributed by atoms with Crippen molar-refractivity contribution >= 4 is 11.9 Å². The summed E-state index contributed by atoms with van der Waals surface area (Å²) >= 11 is 0. The fraction of sp³-hybridized carbons (Fsp3) is 0.600. The summed E-state index contributed by atoms with van der Waals surface area (Å²) < 4.78 is 48.0. The molecule has 1 rings (SSSR count). The summed E-state index contributed by atoms with van der Waals surface area (Å²) in [6.45, 7) is -1.25. The summed E-state index contributed by atoms with van der Waals surface area (Å²) in [5, 5.41) is 7.41. The average molecular weight is 213 g/mol. The Kier molecular flexibility index (Phi) is 2.77. The van der Waals surface area contributed by atoms with Gasteiger partial charge in [-0.05, 0) is 0 Å². The van der Waals surface area contributed by atoms with E-state index in [9.17, 15) is 17.6 Å². The van der Waals surface area contributed by atoms with E-state index in [4.69, 9.17) is 5.73 Å². The monoisotopic (exact) mass is 213 g/mol. The van der Waals surface area contributed by atoms with E-state index in [1.165, 1.54) is 0 Å². The van der Waals surface area contributed by atoms with Crippen LogP contribution in [0, 0.1) is 0 Å². The minimum Gasteiger partial charge on any atom is -0.368 e. The smallest absolute Gasteiger partial charge is 0.324 e. The number of rotatable bonds is 4. The van der Waals surface area contributed by atoms with Gasteiger partial charge in [-0.1, -0.05) is 0 Å². The Morgan fingerprint density at radius 2 is 2.14 bits per heavy atom. The zero-order valence-corrected chi connectivity index (χ0v) is 6.77. The highest BCUT2D eigenvalue weighted by atomic mass is 19.3. The molecule has 0 radical (unpaired) electrons. The van der Waals surface area contributed by atoms with Gasteiger partial charge in [-0.15, -0.1) is 5.10 Å². The number of aromatic nitrogens is 3. The van der Waals surface area contributed by atoms with Crippen molar-refractivity contribution in [3.63, 3.8) is 0 Å². The zero-order chi connectivity index (χ0) is 10.8. The molecule has 9 heteroatoms. The van der Waals surface area contributed by atoms with Crippen molar-refractivity contribution in [2.45, 2.75) is 12.3 Å². The molecule has 0 aliphatic heterocycles. The molecule has 0 unspecified atom stereocenters. The number of nitrogens with one attached hydrogen (secondary N) is 2. The number of halogens is 4. The second-order valence-corrected chi connectivity index (χ2v) is 2.46. The van der Waals surface area contributed by atoms with E-state index in [0.717, 1.165) is 0 Å². The quantitative estimate of drug-likeness (QED) is 0.643. The summed E-state index contributed by atoms with van der Waals surface area (Å²) in [6, 6.07) is 0. The van der Waals surface area contributed by atoms with Gasteiger partial charge in [-0.3, -0.25) is 0 Å². The average Bonchev–Trinajstić information content (AvgIpc) is 2.48. The van der Waals surface area contributed by atoms with Gasteiger partial charge in [-0.25, -0.2) is 13.9 Å². The van der Waals surface area contributed by atoms with E-state index >= 15 is 0 Å². The number of aromatic amines is 1. The molecule has 1 heterocycles. The van der Waals surface area contributed by atoms with Gasteiger partial charge in [0.1, 0.15) is 0 Å². The second-order valence-electron chi connectivity index (χ2n) is 2.46. The molecule has 1 aromatic rings. The maximum Gasteiger partial charge on any atom is 0.324 e. The maximum absolute atomic E-state index is 12.3. The number of hydrogen-bond acceptors (Lipinski definition) is 4. The Hall–Kier alpha value is -1.54. The van der Waals surface area contributed by atoms with Crippen molar-refractivity contribution in [2.24, 2.45) is 0 Å². The lowest BCUT2D eigenvalue weighted by Gasteiger charge is -2.14. The maximum atomic E-state index is 12.3. The Balaban J connectivity index is 2.48. The molecule has 80 valence electrons. The first kappa shape index (κ1) is 10.5. The van der Waals surface area contributed by atoms with Gasteiger partial charge < -0.3 is 11.1 Å². The van der Waals surface area contributed by atoms with Crippen LogP contribution in [0.1, 0.15) is 0 Å². The van der Waals surface area contributed by atoms with E-state index in [1.807, 2.05) is 5.32 Å². The van der Waals surface area contributed by atoms with E-state index < -0.39 is 18.9 Å². The SMILES string of the molecule is Nc1nc(NCC(F)(F)C(F)F)n[nH]1. The summed E-state index contributed by atoms with van der Waals surface area (Å²) in [7, 11) is 0. The molecule has 0 atom stereocenters. The summed E-state index contributed by atoms with van der Waals surface area (Å²) in [5.74, 6) is -4.45. The van der Waals surface area contributed by atoms with Crippen LogP contribution in [-0.2, 0) is 0 Å². The second kappa shape index (κ2) is 3.68. The Morgan fingerprint density at radius 3 is 2.57 bits per heavy atom. The third-order valence-corrected chi connectivity index (χ3v) is 1.30.